The maximum Gasteiger partial charge on any atom is 0.407 e. The Balaban J connectivity index is 1.35. The number of carbonyl (C=O) groups is 2. The summed E-state index contributed by atoms with van der Waals surface area (Å²) in [4.78, 5) is 46.2. The number of anilines is 2. The molecule has 1 unspecified atom stereocenters. The van der Waals surface area contributed by atoms with E-state index in [4.69, 9.17) is 9.47 Å². The zero-order chi connectivity index (χ0) is 26.9. The molecular weight excluding hydrogens is 498 g/mol. The summed E-state index contributed by atoms with van der Waals surface area (Å²) < 4.78 is 11.9. The van der Waals surface area contributed by atoms with Crippen LogP contribution < -0.4 is 16.1 Å². The van der Waals surface area contributed by atoms with Gasteiger partial charge >= 0.3 is 12.1 Å². The number of ether oxygens (including phenoxy) is 2. The normalized spacial score (nSPS) is 16.0. The van der Waals surface area contributed by atoms with E-state index in [1.807, 2.05) is 30.3 Å². The highest BCUT2D eigenvalue weighted by atomic mass is 16.6. The number of cyclic esters (lactones) is 1. The molecule has 2 aromatic carbocycles. The Bertz CT molecular complexity index is 1650. The number of aromatic nitrogens is 3. The van der Waals surface area contributed by atoms with Gasteiger partial charge in [-0.25, -0.2) is 14.6 Å². The van der Waals surface area contributed by atoms with Crippen molar-refractivity contribution in [1.29, 1.82) is 0 Å². The van der Waals surface area contributed by atoms with Gasteiger partial charge in [-0.1, -0.05) is 18.2 Å². The monoisotopic (exact) mass is 525 g/mol. The van der Waals surface area contributed by atoms with Gasteiger partial charge in [0, 0.05) is 23.8 Å². The van der Waals surface area contributed by atoms with Crippen LogP contribution in [0.3, 0.4) is 0 Å². The van der Waals surface area contributed by atoms with Crippen LogP contribution in [-0.2, 0) is 28.7 Å². The Hall–Kier alpha value is -4.73. The molecule has 2 aromatic heterocycles. The fourth-order valence-corrected chi connectivity index (χ4v) is 5.10. The second-order valence-electron chi connectivity index (χ2n) is 9.67. The summed E-state index contributed by atoms with van der Waals surface area (Å²) >= 11 is 0. The molecule has 0 spiro atoms. The third kappa shape index (κ3) is 4.93. The van der Waals surface area contributed by atoms with Gasteiger partial charge in [0.25, 0.3) is 0 Å². The number of aryl methyl sites for hydroxylation is 2. The van der Waals surface area contributed by atoms with Crippen molar-refractivity contribution in [3.05, 3.63) is 87.3 Å². The Morgan fingerprint density at radius 2 is 1.97 bits per heavy atom. The third-order valence-electron chi connectivity index (χ3n) is 7.03. The number of amides is 1. The molecule has 1 amide bonds. The lowest BCUT2D eigenvalue weighted by Crippen LogP contribution is -2.28. The molecule has 198 valence electrons. The van der Waals surface area contributed by atoms with Gasteiger partial charge in [-0.3, -0.25) is 4.79 Å². The largest absolute Gasteiger partial charge is 0.462 e. The van der Waals surface area contributed by atoms with Gasteiger partial charge in [0.1, 0.15) is 12.2 Å². The van der Waals surface area contributed by atoms with E-state index in [0.717, 1.165) is 36.2 Å². The molecule has 0 radical (unpaired) electrons. The van der Waals surface area contributed by atoms with Crippen molar-refractivity contribution in [1.82, 2.24) is 19.9 Å². The van der Waals surface area contributed by atoms with Crippen molar-refractivity contribution < 1.29 is 19.1 Å². The van der Waals surface area contributed by atoms with Gasteiger partial charge in [0.15, 0.2) is 5.65 Å². The van der Waals surface area contributed by atoms with Crippen LogP contribution in [0.2, 0.25) is 0 Å². The standard InChI is InChI=1S/C29H27N5O5/c1-2-38-27(36)24-15-34(22-11-8-18-4-3-5-19(18)13-22)26-23(25(24)35)14-30-28(33-26)31-20-9-6-17(7-10-20)12-21-16-39-29(37)32-21/h6-11,13-15,21H,2-5,12,16H2,1H3,(H,32,37)(H,30,31,33). The van der Waals surface area contributed by atoms with Crippen LogP contribution in [-0.4, -0.2) is 45.9 Å². The van der Waals surface area contributed by atoms with Crippen LogP contribution in [0.15, 0.2) is 59.7 Å². The quantitative estimate of drug-likeness (QED) is 0.349. The van der Waals surface area contributed by atoms with Crippen LogP contribution in [0.4, 0.5) is 16.4 Å². The molecule has 0 bridgehead atoms. The predicted octanol–water partition coefficient (Wildman–Crippen LogP) is 3.84. The highest BCUT2D eigenvalue weighted by Crippen LogP contribution is 2.26. The molecule has 1 saturated heterocycles. The lowest BCUT2D eigenvalue weighted by Gasteiger charge is -2.15. The molecule has 10 nitrogen and oxygen atoms in total. The van der Waals surface area contributed by atoms with Crippen LogP contribution in [0, 0.1) is 0 Å². The first-order valence-electron chi connectivity index (χ1n) is 13.0. The summed E-state index contributed by atoms with van der Waals surface area (Å²) in [6.07, 6.45) is 6.37. The number of alkyl carbamates (subject to hydrolysis) is 1. The first-order chi connectivity index (χ1) is 19.0. The lowest BCUT2D eigenvalue weighted by molar-refractivity contribution is 0.0524. The highest BCUT2D eigenvalue weighted by molar-refractivity contribution is 5.93. The maximum atomic E-state index is 13.2. The molecule has 39 heavy (non-hydrogen) atoms. The molecule has 1 fully saturated rings. The number of nitrogens with zero attached hydrogens (tertiary/aromatic N) is 3. The van der Waals surface area contributed by atoms with Gasteiger partial charge in [0.2, 0.25) is 11.4 Å². The molecule has 10 heteroatoms. The van der Waals surface area contributed by atoms with Crippen LogP contribution in [0.25, 0.3) is 16.7 Å². The van der Waals surface area contributed by atoms with Crippen molar-refractivity contribution >= 4 is 34.7 Å². The number of fused-ring (bicyclic) bond motifs is 2. The summed E-state index contributed by atoms with van der Waals surface area (Å²) in [5.41, 5.74) is 5.05. The molecule has 0 saturated carbocycles. The van der Waals surface area contributed by atoms with Gasteiger partial charge < -0.3 is 24.7 Å². The molecular formula is C29H27N5O5. The summed E-state index contributed by atoms with van der Waals surface area (Å²) in [6.45, 7) is 2.22. The minimum Gasteiger partial charge on any atom is -0.462 e. The van der Waals surface area contributed by atoms with E-state index in [0.29, 0.717) is 24.6 Å². The van der Waals surface area contributed by atoms with Crippen molar-refractivity contribution in [3.63, 3.8) is 0 Å². The van der Waals surface area contributed by atoms with E-state index >= 15 is 0 Å². The minimum absolute atomic E-state index is 0.0458. The first kappa shape index (κ1) is 24.6. The van der Waals surface area contributed by atoms with Crippen molar-refractivity contribution in [3.8, 4) is 5.69 Å². The van der Waals surface area contributed by atoms with Gasteiger partial charge in [0.05, 0.1) is 18.0 Å². The van der Waals surface area contributed by atoms with E-state index in [1.165, 1.54) is 23.5 Å². The Kier molecular flexibility index (Phi) is 6.44. The number of nitrogens with one attached hydrogen (secondary N) is 2. The van der Waals surface area contributed by atoms with Crippen LogP contribution in [0.5, 0.6) is 0 Å². The van der Waals surface area contributed by atoms with Crippen LogP contribution in [0.1, 0.15) is 40.4 Å². The van der Waals surface area contributed by atoms with Crippen molar-refractivity contribution in [2.45, 2.75) is 38.6 Å². The Morgan fingerprint density at radius 3 is 2.74 bits per heavy atom. The summed E-state index contributed by atoms with van der Waals surface area (Å²) in [5, 5.41) is 6.20. The average molecular weight is 526 g/mol. The zero-order valence-corrected chi connectivity index (χ0v) is 21.4. The third-order valence-corrected chi connectivity index (χ3v) is 7.03. The number of rotatable bonds is 7. The summed E-state index contributed by atoms with van der Waals surface area (Å²) in [5.74, 6) is -0.366. The molecule has 1 aliphatic carbocycles. The van der Waals surface area contributed by atoms with Crippen molar-refractivity contribution in [2.24, 2.45) is 0 Å². The van der Waals surface area contributed by atoms with Gasteiger partial charge in [-0.2, -0.15) is 4.98 Å². The second-order valence-corrected chi connectivity index (χ2v) is 9.67. The molecule has 6 rings (SSSR count). The number of hydrogen-bond donors (Lipinski definition) is 2. The molecule has 2 N–H and O–H groups in total. The van der Waals surface area contributed by atoms with E-state index in [9.17, 15) is 14.4 Å². The number of pyridine rings is 1. The lowest BCUT2D eigenvalue weighted by atomic mass is 10.1. The molecule has 2 aliphatic rings. The SMILES string of the molecule is CCOC(=O)c1cn(-c2ccc3c(c2)CCC3)c2nc(Nc3ccc(CC4COC(=O)N4)cc3)ncc2c1=O. The Morgan fingerprint density at radius 1 is 1.15 bits per heavy atom. The topological polar surface area (TPSA) is 124 Å². The number of benzene rings is 2. The number of hydrogen-bond acceptors (Lipinski definition) is 8. The van der Waals surface area contributed by atoms with Crippen LogP contribution >= 0.6 is 0 Å². The highest BCUT2D eigenvalue weighted by Gasteiger charge is 2.22. The number of esters is 1. The van der Waals surface area contributed by atoms with E-state index in [-0.39, 0.29) is 29.7 Å². The summed E-state index contributed by atoms with van der Waals surface area (Å²) in [6, 6.07) is 13.8. The smallest absolute Gasteiger partial charge is 0.407 e. The van der Waals surface area contributed by atoms with E-state index < -0.39 is 11.4 Å². The minimum atomic E-state index is -0.676. The van der Waals surface area contributed by atoms with E-state index in [1.54, 1.807) is 11.5 Å². The Labute approximate surface area is 224 Å². The van der Waals surface area contributed by atoms with Crippen molar-refractivity contribution in [2.75, 3.05) is 18.5 Å². The fraction of sp³-hybridized carbons (Fsp3) is 0.276. The molecule has 4 aromatic rings. The fourth-order valence-electron chi connectivity index (χ4n) is 5.10. The zero-order valence-electron chi connectivity index (χ0n) is 21.4. The van der Waals surface area contributed by atoms with Gasteiger partial charge in [-0.15, -0.1) is 0 Å². The van der Waals surface area contributed by atoms with E-state index in [2.05, 4.69) is 32.7 Å². The predicted molar refractivity (Wildman–Crippen MR) is 145 cm³/mol. The maximum absolute atomic E-state index is 13.2. The first-order valence-corrected chi connectivity index (χ1v) is 13.0. The molecule has 3 heterocycles. The molecule has 1 atom stereocenters. The second kappa shape index (κ2) is 10.2. The summed E-state index contributed by atoms with van der Waals surface area (Å²) in [7, 11) is 0. The average Bonchev–Trinajstić information content (AvgIpc) is 3.58. The number of carbonyl (C=O) groups excluding carboxylic acids is 2. The molecule has 1 aliphatic heterocycles. The van der Waals surface area contributed by atoms with Gasteiger partial charge in [-0.05, 0) is 73.6 Å².